The highest BCUT2D eigenvalue weighted by Gasteiger charge is 2.45. The first-order valence-corrected chi connectivity index (χ1v) is 8.04. The molecule has 1 aliphatic heterocycles. The summed E-state index contributed by atoms with van der Waals surface area (Å²) >= 11 is 0. The molecule has 2 heterocycles. The van der Waals surface area contributed by atoms with Crippen molar-refractivity contribution in [2.75, 3.05) is 24.6 Å². The van der Waals surface area contributed by atoms with Crippen molar-refractivity contribution >= 4 is 23.0 Å². The highest BCUT2D eigenvalue weighted by molar-refractivity contribution is 5.78. The topological polar surface area (TPSA) is 78.6 Å². The first kappa shape index (κ1) is 15.8. The summed E-state index contributed by atoms with van der Waals surface area (Å²) in [7, 11) is 0. The molecule has 1 saturated heterocycles. The van der Waals surface area contributed by atoms with E-state index in [-0.39, 0.29) is 12.5 Å². The number of hydrogen-bond acceptors (Lipinski definition) is 5. The molecule has 0 radical (unpaired) electrons. The Hall–Kier alpha value is -2.08. The SMILES string of the molecule is CC(C)CCC(=O)NC1(CO)CN(c2nc3ccccc3o2)C1. The van der Waals surface area contributed by atoms with Crippen molar-refractivity contribution in [3.8, 4) is 0 Å². The van der Waals surface area contributed by atoms with Gasteiger partial charge in [0.15, 0.2) is 5.58 Å². The number of para-hydroxylation sites is 2. The average molecular weight is 317 g/mol. The molecular weight excluding hydrogens is 294 g/mol. The number of aromatic nitrogens is 1. The first-order chi connectivity index (χ1) is 11.0. The van der Waals surface area contributed by atoms with Gasteiger partial charge in [-0.25, -0.2) is 0 Å². The van der Waals surface area contributed by atoms with E-state index in [4.69, 9.17) is 4.42 Å². The smallest absolute Gasteiger partial charge is 0.298 e. The summed E-state index contributed by atoms with van der Waals surface area (Å²) in [6.45, 7) is 5.10. The van der Waals surface area contributed by atoms with Crippen LogP contribution in [0.2, 0.25) is 0 Å². The fraction of sp³-hybridized carbons (Fsp3) is 0.529. The number of nitrogens with zero attached hydrogens (tertiary/aromatic N) is 2. The molecule has 23 heavy (non-hydrogen) atoms. The molecule has 2 aromatic rings. The fourth-order valence-electron chi connectivity index (χ4n) is 2.81. The quantitative estimate of drug-likeness (QED) is 0.851. The summed E-state index contributed by atoms with van der Waals surface area (Å²) < 4.78 is 5.71. The number of oxazole rings is 1. The van der Waals surface area contributed by atoms with Crippen molar-refractivity contribution in [2.24, 2.45) is 5.92 Å². The van der Waals surface area contributed by atoms with Crippen LogP contribution in [0.3, 0.4) is 0 Å². The number of anilines is 1. The maximum absolute atomic E-state index is 12.0. The van der Waals surface area contributed by atoms with E-state index >= 15 is 0 Å². The van der Waals surface area contributed by atoms with Gasteiger partial charge < -0.3 is 19.7 Å². The number of carbonyl (C=O) groups excluding carboxylic acids is 1. The molecule has 0 unspecified atom stereocenters. The van der Waals surface area contributed by atoms with Crippen LogP contribution in [0.25, 0.3) is 11.1 Å². The molecule has 6 heteroatoms. The van der Waals surface area contributed by atoms with Crippen LogP contribution in [0.4, 0.5) is 6.01 Å². The second-order valence-electron chi connectivity index (χ2n) is 6.74. The third-order valence-electron chi connectivity index (χ3n) is 4.20. The zero-order chi connectivity index (χ0) is 16.4. The number of fused-ring (bicyclic) bond motifs is 1. The first-order valence-electron chi connectivity index (χ1n) is 8.04. The molecule has 2 N–H and O–H groups in total. The van der Waals surface area contributed by atoms with Crippen molar-refractivity contribution in [1.29, 1.82) is 0 Å². The van der Waals surface area contributed by atoms with E-state index in [1.807, 2.05) is 29.2 Å². The van der Waals surface area contributed by atoms with Gasteiger partial charge in [-0.2, -0.15) is 4.98 Å². The number of aliphatic hydroxyl groups is 1. The third-order valence-corrected chi connectivity index (χ3v) is 4.20. The minimum atomic E-state index is -0.589. The zero-order valence-corrected chi connectivity index (χ0v) is 13.6. The highest BCUT2D eigenvalue weighted by Crippen LogP contribution is 2.29. The van der Waals surface area contributed by atoms with Gasteiger partial charge in [0.2, 0.25) is 5.91 Å². The average Bonchev–Trinajstić information content (AvgIpc) is 2.92. The lowest BCUT2D eigenvalue weighted by Crippen LogP contribution is -2.72. The van der Waals surface area contributed by atoms with Crippen molar-refractivity contribution in [3.05, 3.63) is 24.3 Å². The highest BCUT2D eigenvalue weighted by atomic mass is 16.4. The molecule has 6 nitrogen and oxygen atoms in total. The lowest BCUT2D eigenvalue weighted by molar-refractivity contribution is -0.124. The molecule has 0 atom stereocenters. The molecule has 1 aromatic carbocycles. The Balaban J connectivity index is 1.61. The number of amides is 1. The second-order valence-corrected chi connectivity index (χ2v) is 6.74. The van der Waals surface area contributed by atoms with Gasteiger partial charge in [-0.3, -0.25) is 4.79 Å². The summed E-state index contributed by atoms with van der Waals surface area (Å²) in [4.78, 5) is 18.4. The Bertz CT molecular complexity index is 656. The molecular formula is C17H23N3O3. The van der Waals surface area contributed by atoms with E-state index in [1.165, 1.54) is 0 Å². The number of rotatable bonds is 6. The maximum atomic E-state index is 12.0. The Morgan fingerprint density at radius 1 is 1.43 bits per heavy atom. The van der Waals surface area contributed by atoms with E-state index in [0.29, 0.717) is 31.4 Å². The molecule has 1 fully saturated rings. The monoisotopic (exact) mass is 317 g/mol. The minimum absolute atomic E-state index is 0.00929. The third kappa shape index (κ3) is 3.32. The lowest BCUT2D eigenvalue weighted by atomic mass is 9.90. The summed E-state index contributed by atoms with van der Waals surface area (Å²) in [6.07, 6.45) is 1.34. The molecule has 0 saturated carbocycles. The van der Waals surface area contributed by atoms with E-state index < -0.39 is 5.54 Å². The van der Waals surface area contributed by atoms with Crippen molar-refractivity contribution in [3.63, 3.8) is 0 Å². The Morgan fingerprint density at radius 3 is 2.83 bits per heavy atom. The van der Waals surface area contributed by atoms with Gasteiger partial charge >= 0.3 is 0 Å². The minimum Gasteiger partial charge on any atom is -0.423 e. The van der Waals surface area contributed by atoms with E-state index in [1.54, 1.807) is 0 Å². The predicted octanol–water partition coefficient (Wildman–Crippen LogP) is 1.93. The van der Waals surface area contributed by atoms with E-state index in [9.17, 15) is 9.90 Å². The van der Waals surface area contributed by atoms with E-state index in [0.717, 1.165) is 17.5 Å². The fourth-order valence-corrected chi connectivity index (χ4v) is 2.81. The van der Waals surface area contributed by atoms with Gasteiger partial charge in [0, 0.05) is 19.5 Å². The molecule has 3 rings (SSSR count). The molecule has 1 amide bonds. The van der Waals surface area contributed by atoms with Gasteiger partial charge in [-0.15, -0.1) is 0 Å². The summed E-state index contributed by atoms with van der Waals surface area (Å²) in [6, 6.07) is 8.12. The standard InChI is InChI=1S/C17H23N3O3/c1-12(2)7-8-15(22)19-17(11-21)9-20(10-17)16-18-13-5-3-4-6-14(13)23-16/h3-6,12,21H,7-11H2,1-2H3,(H,19,22). The largest absolute Gasteiger partial charge is 0.423 e. The normalized spacial score (nSPS) is 16.6. The number of nitrogens with one attached hydrogen (secondary N) is 1. The van der Waals surface area contributed by atoms with Crippen molar-refractivity contribution in [2.45, 2.75) is 32.2 Å². The van der Waals surface area contributed by atoms with Crippen LogP contribution in [0, 0.1) is 5.92 Å². The predicted molar refractivity (Wildman–Crippen MR) is 88.3 cm³/mol. The van der Waals surface area contributed by atoms with Crippen LogP contribution in [0.1, 0.15) is 26.7 Å². The van der Waals surface area contributed by atoms with Crippen molar-refractivity contribution < 1.29 is 14.3 Å². The molecule has 0 spiro atoms. The second kappa shape index (κ2) is 6.20. The van der Waals surface area contributed by atoms with Crippen LogP contribution < -0.4 is 10.2 Å². The number of benzene rings is 1. The summed E-state index contributed by atoms with van der Waals surface area (Å²) in [5.74, 6) is 0.480. The Morgan fingerprint density at radius 2 is 2.17 bits per heavy atom. The molecule has 1 aromatic heterocycles. The Labute approximate surface area is 135 Å². The van der Waals surface area contributed by atoms with Crippen LogP contribution in [-0.2, 0) is 4.79 Å². The van der Waals surface area contributed by atoms with Gasteiger partial charge in [-0.1, -0.05) is 26.0 Å². The van der Waals surface area contributed by atoms with Gasteiger partial charge in [0.1, 0.15) is 5.52 Å². The van der Waals surface area contributed by atoms with Gasteiger partial charge in [-0.05, 0) is 24.5 Å². The van der Waals surface area contributed by atoms with Crippen LogP contribution in [0.15, 0.2) is 28.7 Å². The van der Waals surface area contributed by atoms with E-state index in [2.05, 4.69) is 24.1 Å². The maximum Gasteiger partial charge on any atom is 0.298 e. The Kier molecular flexibility index (Phi) is 4.26. The lowest BCUT2D eigenvalue weighted by Gasteiger charge is -2.48. The van der Waals surface area contributed by atoms with Crippen LogP contribution in [0.5, 0.6) is 0 Å². The van der Waals surface area contributed by atoms with Crippen LogP contribution >= 0.6 is 0 Å². The molecule has 0 aliphatic carbocycles. The molecule has 0 bridgehead atoms. The number of carbonyl (C=O) groups is 1. The summed E-state index contributed by atoms with van der Waals surface area (Å²) in [5.41, 5.74) is 0.962. The zero-order valence-electron chi connectivity index (χ0n) is 13.6. The van der Waals surface area contributed by atoms with Crippen LogP contribution in [-0.4, -0.2) is 41.2 Å². The summed E-state index contributed by atoms with van der Waals surface area (Å²) in [5, 5.41) is 12.6. The van der Waals surface area contributed by atoms with Gasteiger partial charge in [0.05, 0.1) is 12.1 Å². The molecule has 1 aliphatic rings. The number of hydrogen-bond donors (Lipinski definition) is 2. The van der Waals surface area contributed by atoms with Gasteiger partial charge in [0.25, 0.3) is 6.01 Å². The van der Waals surface area contributed by atoms with Crippen molar-refractivity contribution in [1.82, 2.24) is 10.3 Å². The number of aliphatic hydroxyl groups excluding tert-OH is 1. The molecule has 124 valence electrons.